The standard InChI is InChI=1S/C16H23NO2/c1-11-4-6-17-7-5-12-9-15(18-2)16(19-3)10-13(12)14(17)8-11/h9-11,14H,4-8H2,1-3H3/t11-,14+/m0/s1. The third-order valence-electron chi connectivity index (χ3n) is 4.65. The molecule has 0 saturated carbocycles. The Morgan fingerprint density at radius 2 is 1.84 bits per heavy atom. The molecule has 0 spiro atoms. The van der Waals surface area contributed by atoms with Gasteiger partial charge in [0.1, 0.15) is 0 Å². The lowest BCUT2D eigenvalue weighted by molar-refractivity contribution is 0.109. The fourth-order valence-corrected chi connectivity index (χ4v) is 3.51. The summed E-state index contributed by atoms with van der Waals surface area (Å²) in [5, 5.41) is 0. The van der Waals surface area contributed by atoms with E-state index in [4.69, 9.17) is 9.47 Å². The lowest BCUT2D eigenvalue weighted by atomic mass is 9.82. The minimum absolute atomic E-state index is 0.576. The van der Waals surface area contributed by atoms with Crippen LogP contribution < -0.4 is 9.47 Å². The highest BCUT2D eigenvalue weighted by Crippen LogP contribution is 2.42. The maximum absolute atomic E-state index is 5.47. The Morgan fingerprint density at radius 3 is 2.58 bits per heavy atom. The van der Waals surface area contributed by atoms with Crippen LogP contribution in [0.4, 0.5) is 0 Å². The van der Waals surface area contributed by atoms with Crippen molar-refractivity contribution in [2.75, 3.05) is 27.3 Å². The molecule has 1 fully saturated rings. The monoisotopic (exact) mass is 261 g/mol. The molecule has 1 saturated heterocycles. The van der Waals surface area contributed by atoms with Gasteiger partial charge in [-0.3, -0.25) is 4.90 Å². The molecule has 2 heterocycles. The highest BCUT2D eigenvalue weighted by atomic mass is 16.5. The molecule has 2 atom stereocenters. The molecule has 3 nitrogen and oxygen atoms in total. The van der Waals surface area contributed by atoms with Gasteiger partial charge in [-0.05, 0) is 55.0 Å². The maximum Gasteiger partial charge on any atom is 0.161 e. The Labute approximate surface area is 115 Å². The van der Waals surface area contributed by atoms with E-state index in [9.17, 15) is 0 Å². The van der Waals surface area contributed by atoms with Crippen LogP contribution in [0.1, 0.15) is 36.9 Å². The van der Waals surface area contributed by atoms with Crippen molar-refractivity contribution in [3.8, 4) is 11.5 Å². The SMILES string of the molecule is COc1cc2c(cc1OC)[C@H]1C[C@@H](C)CCN1CC2. The predicted octanol–water partition coefficient (Wildman–Crippen LogP) is 3.03. The van der Waals surface area contributed by atoms with Gasteiger partial charge in [0.25, 0.3) is 0 Å². The quantitative estimate of drug-likeness (QED) is 0.817. The van der Waals surface area contributed by atoms with E-state index >= 15 is 0 Å². The van der Waals surface area contributed by atoms with E-state index in [1.807, 2.05) is 0 Å². The molecule has 0 aromatic heterocycles. The van der Waals surface area contributed by atoms with Crippen LogP contribution in [0.25, 0.3) is 0 Å². The Morgan fingerprint density at radius 1 is 1.11 bits per heavy atom. The minimum atomic E-state index is 0.576. The first-order valence-electron chi connectivity index (χ1n) is 7.21. The van der Waals surface area contributed by atoms with Crippen LogP contribution in [0, 0.1) is 5.92 Å². The average Bonchev–Trinajstić information content (AvgIpc) is 2.45. The van der Waals surface area contributed by atoms with Crippen LogP contribution in [0.2, 0.25) is 0 Å². The molecule has 0 unspecified atom stereocenters. The first-order chi connectivity index (χ1) is 9.22. The Balaban J connectivity index is 2.01. The van der Waals surface area contributed by atoms with Gasteiger partial charge in [-0.25, -0.2) is 0 Å². The van der Waals surface area contributed by atoms with Gasteiger partial charge in [0.15, 0.2) is 11.5 Å². The number of nitrogens with zero attached hydrogens (tertiary/aromatic N) is 1. The third-order valence-corrected chi connectivity index (χ3v) is 4.65. The molecular formula is C16H23NO2. The number of fused-ring (bicyclic) bond motifs is 3. The van der Waals surface area contributed by atoms with E-state index in [2.05, 4.69) is 24.0 Å². The van der Waals surface area contributed by atoms with Crippen molar-refractivity contribution in [2.45, 2.75) is 32.2 Å². The zero-order valence-corrected chi connectivity index (χ0v) is 12.1. The summed E-state index contributed by atoms with van der Waals surface area (Å²) in [4.78, 5) is 2.63. The van der Waals surface area contributed by atoms with Crippen LogP contribution in [0.15, 0.2) is 12.1 Å². The summed E-state index contributed by atoms with van der Waals surface area (Å²) >= 11 is 0. The van der Waals surface area contributed by atoms with Crippen molar-refractivity contribution in [1.82, 2.24) is 4.90 Å². The molecule has 104 valence electrons. The number of ether oxygens (including phenoxy) is 2. The Hall–Kier alpha value is -1.22. The molecule has 3 heteroatoms. The van der Waals surface area contributed by atoms with Gasteiger partial charge in [0, 0.05) is 12.6 Å². The van der Waals surface area contributed by atoms with Crippen LogP contribution in [-0.2, 0) is 6.42 Å². The van der Waals surface area contributed by atoms with Crippen molar-refractivity contribution in [3.63, 3.8) is 0 Å². The highest BCUT2D eigenvalue weighted by molar-refractivity contribution is 5.49. The summed E-state index contributed by atoms with van der Waals surface area (Å²) in [6.45, 7) is 4.78. The van der Waals surface area contributed by atoms with Gasteiger partial charge in [-0.1, -0.05) is 6.92 Å². The minimum Gasteiger partial charge on any atom is -0.493 e. The average molecular weight is 261 g/mol. The summed E-state index contributed by atoms with van der Waals surface area (Å²) < 4.78 is 10.9. The molecular weight excluding hydrogens is 238 g/mol. The second kappa shape index (κ2) is 5.04. The van der Waals surface area contributed by atoms with E-state index in [0.29, 0.717) is 6.04 Å². The van der Waals surface area contributed by atoms with Gasteiger partial charge < -0.3 is 9.47 Å². The van der Waals surface area contributed by atoms with Crippen LogP contribution >= 0.6 is 0 Å². The molecule has 3 rings (SSSR count). The zero-order chi connectivity index (χ0) is 13.4. The molecule has 0 aliphatic carbocycles. The molecule has 2 aliphatic heterocycles. The van der Waals surface area contributed by atoms with Crippen molar-refractivity contribution in [3.05, 3.63) is 23.3 Å². The van der Waals surface area contributed by atoms with Crippen LogP contribution in [0.5, 0.6) is 11.5 Å². The van der Waals surface area contributed by atoms with Gasteiger partial charge in [-0.2, -0.15) is 0 Å². The molecule has 0 bridgehead atoms. The largest absolute Gasteiger partial charge is 0.493 e. The van der Waals surface area contributed by atoms with Crippen LogP contribution in [-0.4, -0.2) is 32.2 Å². The second-order valence-electron chi connectivity index (χ2n) is 5.84. The summed E-state index contributed by atoms with van der Waals surface area (Å²) in [7, 11) is 3.43. The van der Waals surface area contributed by atoms with Gasteiger partial charge in [-0.15, -0.1) is 0 Å². The van der Waals surface area contributed by atoms with Crippen LogP contribution in [0.3, 0.4) is 0 Å². The number of piperidine rings is 1. The van der Waals surface area contributed by atoms with Crippen molar-refractivity contribution >= 4 is 0 Å². The highest BCUT2D eigenvalue weighted by Gasteiger charge is 2.32. The predicted molar refractivity (Wildman–Crippen MR) is 76.0 cm³/mol. The van der Waals surface area contributed by atoms with E-state index < -0.39 is 0 Å². The number of benzene rings is 1. The summed E-state index contributed by atoms with van der Waals surface area (Å²) in [6.07, 6.45) is 3.72. The molecule has 0 N–H and O–H groups in total. The normalized spacial score (nSPS) is 26.5. The zero-order valence-electron chi connectivity index (χ0n) is 12.1. The Kier molecular flexibility index (Phi) is 3.40. The second-order valence-corrected chi connectivity index (χ2v) is 5.84. The van der Waals surface area contributed by atoms with E-state index in [1.165, 1.54) is 37.1 Å². The summed E-state index contributed by atoms with van der Waals surface area (Å²) in [6, 6.07) is 4.95. The van der Waals surface area contributed by atoms with Gasteiger partial charge in [0.05, 0.1) is 14.2 Å². The lowest BCUT2D eigenvalue weighted by Gasteiger charge is -2.43. The molecule has 1 aromatic rings. The molecule has 2 aliphatic rings. The lowest BCUT2D eigenvalue weighted by Crippen LogP contribution is -2.40. The van der Waals surface area contributed by atoms with Crippen molar-refractivity contribution in [1.29, 1.82) is 0 Å². The maximum atomic E-state index is 5.47. The number of hydrogen-bond acceptors (Lipinski definition) is 3. The topological polar surface area (TPSA) is 21.7 Å². The van der Waals surface area contributed by atoms with Crippen molar-refractivity contribution < 1.29 is 9.47 Å². The molecule has 19 heavy (non-hydrogen) atoms. The van der Waals surface area contributed by atoms with E-state index in [-0.39, 0.29) is 0 Å². The third kappa shape index (κ3) is 2.20. The molecule has 0 amide bonds. The van der Waals surface area contributed by atoms with Crippen molar-refractivity contribution in [2.24, 2.45) is 5.92 Å². The number of methoxy groups -OCH3 is 2. The first kappa shape index (κ1) is 12.8. The molecule has 1 aromatic carbocycles. The molecule has 0 radical (unpaired) electrons. The van der Waals surface area contributed by atoms with Gasteiger partial charge in [0.2, 0.25) is 0 Å². The number of hydrogen-bond donors (Lipinski definition) is 0. The fraction of sp³-hybridized carbons (Fsp3) is 0.625. The Bertz CT molecular complexity index is 472. The van der Waals surface area contributed by atoms with Gasteiger partial charge >= 0.3 is 0 Å². The summed E-state index contributed by atoms with van der Waals surface area (Å²) in [5.74, 6) is 2.54. The van der Waals surface area contributed by atoms with E-state index in [1.54, 1.807) is 14.2 Å². The summed E-state index contributed by atoms with van der Waals surface area (Å²) in [5.41, 5.74) is 2.89. The smallest absolute Gasteiger partial charge is 0.161 e. The fourth-order valence-electron chi connectivity index (χ4n) is 3.51. The van der Waals surface area contributed by atoms with E-state index in [0.717, 1.165) is 23.8 Å². The number of rotatable bonds is 2. The first-order valence-corrected chi connectivity index (χ1v) is 7.21.